The summed E-state index contributed by atoms with van der Waals surface area (Å²) in [6.07, 6.45) is 1.45. The number of aromatic nitrogens is 2. The number of methoxy groups -OCH3 is 1. The zero-order valence-corrected chi connectivity index (χ0v) is 10.8. The minimum atomic E-state index is -0.749. The summed E-state index contributed by atoms with van der Waals surface area (Å²) in [5, 5.41) is 6.67. The van der Waals surface area contributed by atoms with E-state index in [0.29, 0.717) is 17.5 Å². The monoisotopic (exact) mass is 272 g/mol. The molecule has 0 saturated heterocycles. The maximum Gasteiger partial charge on any atom is 0.330 e. The van der Waals surface area contributed by atoms with Gasteiger partial charge < -0.3 is 9.30 Å². The molecule has 0 aromatic carbocycles. The number of imidazole rings is 1. The van der Waals surface area contributed by atoms with Gasteiger partial charge in [-0.25, -0.2) is 9.78 Å². The van der Waals surface area contributed by atoms with Crippen LogP contribution < -0.4 is 5.32 Å². The molecular formula is C9H13ClN6O2. The van der Waals surface area contributed by atoms with Gasteiger partial charge in [0.15, 0.2) is 6.04 Å². The van der Waals surface area contributed by atoms with Crippen molar-refractivity contribution in [3.8, 4) is 0 Å². The van der Waals surface area contributed by atoms with Crippen molar-refractivity contribution in [1.82, 2.24) is 14.9 Å². The Hall–Kier alpha value is -1.76. The number of nitrogens with one attached hydrogen (secondary N) is 1. The Morgan fingerprint density at radius 2 is 2.56 bits per heavy atom. The molecule has 0 saturated carbocycles. The maximum absolute atomic E-state index is 11.7. The highest BCUT2D eigenvalue weighted by molar-refractivity contribution is 6.29. The molecule has 8 nitrogen and oxygen atoms in total. The topological polar surface area (TPSA) is 105 Å². The molecule has 0 aliphatic heterocycles. The molecular weight excluding hydrogens is 260 g/mol. The van der Waals surface area contributed by atoms with Gasteiger partial charge in [-0.1, -0.05) is 16.7 Å². The number of hydrogen-bond acceptors (Lipinski definition) is 5. The molecule has 0 aliphatic rings. The average molecular weight is 273 g/mol. The van der Waals surface area contributed by atoms with Crippen LogP contribution in [-0.4, -0.2) is 35.7 Å². The maximum atomic E-state index is 11.7. The Kier molecular flexibility index (Phi) is 5.44. The van der Waals surface area contributed by atoms with Crippen molar-refractivity contribution in [2.24, 2.45) is 12.2 Å². The second-order valence-electron chi connectivity index (χ2n) is 3.36. The van der Waals surface area contributed by atoms with E-state index in [1.54, 1.807) is 11.6 Å². The smallest absolute Gasteiger partial charge is 0.330 e. The highest BCUT2D eigenvalue weighted by Crippen LogP contribution is 2.17. The number of carbonyl (C=O) groups excluding carboxylic acids is 1. The minimum absolute atomic E-state index is 0.224. The fourth-order valence-electron chi connectivity index (χ4n) is 1.37. The molecule has 1 aromatic rings. The highest BCUT2D eigenvalue weighted by Gasteiger charge is 2.25. The van der Waals surface area contributed by atoms with Crippen LogP contribution in [0.1, 0.15) is 11.9 Å². The van der Waals surface area contributed by atoms with Gasteiger partial charge in [0.05, 0.1) is 13.3 Å². The predicted molar refractivity (Wildman–Crippen MR) is 65.0 cm³/mol. The number of ether oxygens (including phenoxy) is 1. The third-order valence-electron chi connectivity index (χ3n) is 2.29. The molecule has 1 unspecified atom stereocenters. The number of esters is 1. The normalized spacial score (nSPS) is 11.7. The van der Waals surface area contributed by atoms with Crippen molar-refractivity contribution in [1.29, 1.82) is 0 Å². The summed E-state index contributed by atoms with van der Waals surface area (Å²) in [6.45, 7) is 0.552. The molecule has 0 spiro atoms. The summed E-state index contributed by atoms with van der Waals surface area (Å²) in [7, 11) is 2.98. The summed E-state index contributed by atoms with van der Waals surface area (Å²) < 4.78 is 6.26. The molecule has 0 aliphatic carbocycles. The second-order valence-corrected chi connectivity index (χ2v) is 3.75. The van der Waals surface area contributed by atoms with E-state index in [9.17, 15) is 4.79 Å². The van der Waals surface area contributed by atoms with Gasteiger partial charge in [0.1, 0.15) is 11.0 Å². The van der Waals surface area contributed by atoms with Crippen LogP contribution in [0.15, 0.2) is 11.3 Å². The Morgan fingerprint density at radius 1 is 1.83 bits per heavy atom. The summed E-state index contributed by atoms with van der Waals surface area (Å²) in [5.74, 6) is -0.0471. The quantitative estimate of drug-likeness (QED) is 0.276. The molecule has 1 rings (SSSR count). The standard InChI is InChI=1S/C9H13ClN6O2/c1-16-6(10)5-13-8(16)7(9(17)18-2)12-3-4-14-15-11/h5,7,12H,3-4H2,1-2H3. The van der Waals surface area contributed by atoms with E-state index < -0.39 is 12.0 Å². The lowest BCUT2D eigenvalue weighted by molar-refractivity contribution is -0.143. The lowest BCUT2D eigenvalue weighted by Gasteiger charge is -2.15. The highest BCUT2D eigenvalue weighted by atomic mass is 35.5. The fourth-order valence-corrected chi connectivity index (χ4v) is 1.51. The van der Waals surface area contributed by atoms with Crippen LogP contribution in [-0.2, 0) is 16.6 Å². The molecule has 0 bridgehead atoms. The number of azide groups is 1. The van der Waals surface area contributed by atoms with Crippen LogP contribution >= 0.6 is 11.6 Å². The SMILES string of the molecule is COC(=O)C(NCCN=[N+]=[N-])c1ncc(Cl)n1C. The number of halogens is 1. The van der Waals surface area contributed by atoms with E-state index in [1.165, 1.54) is 13.3 Å². The molecule has 1 N–H and O–H groups in total. The van der Waals surface area contributed by atoms with Crippen molar-refractivity contribution >= 4 is 17.6 Å². The van der Waals surface area contributed by atoms with E-state index in [4.69, 9.17) is 17.1 Å². The van der Waals surface area contributed by atoms with Gasteiger partial charge in [0.25, 0.3) is 0 Å². The van der Waals surface area contributed by atoms with Crippen LogP contribution in [0.4, 0.5) is 0 Å². The van der Waals surface area contributed by atoms with Gasteiger partial charge in [-0.3, -0.25) is 5.32 Å². The van der Waals surface area contributed by atoms with Gasteiger partial charge in [-0.05, 0) is 5.53 Å². The van der Waals surface area contributed by atoms with E-state index in [2.05, 4.69) is 25.1 Å². The van der Waals surface area contributed by atoms with Crippen LogP contribution in [0.5, 0.6) is 0 Å². The first-order valence-electron chi connectivity index (χ1n) is 5.11. The Balaban J connectivity index is 2.81. The Bertz CT molecular complexity index is 468. The van der Waals surface area contributed by atoms with Crippen LogP contribution in [0.2, 0.25) is 5.15 Å². The van der Waals surface area contributed by atoms with Crippen molar-refractivity contribution in [2.75, 3.05) is 20.2 Å². The zero-order chi connectivity index (χ0) is 13.5. The first kappa shape index (κ1) is 14.3. The van der Waals surface area contributed by atoms with Crippen LogP contribution in [0.25, 0.3) is 10.4 Å². The lowest BCUT2D eigenvalue weighted by Crippen LogP contribution is -2.33. The van der Waals surface area contributed by atoms with Gasteiger partial charge in [-0.2, -0.15) is 0 Å². The van der Waals surface area contributed by atoms with E-state index >= 15 is 0 Å². The summed E-state index contributed by atoms with van der Waals surface area (Å²) in [5.41, 5.74) is 8.16. The molecule has 18 heavy (non-hydrogen) atoms. The first-order valence-corrected chi connectivity index (χ1v) is 5.48. The number of rotatable bonds is 6. The molecule has 0 fully saturated rings. The molecule has 0 amide bonds. The average Bonchev–Trinajstić information content (AvgIpc) is 2.70. The molecule has 1 heterocycles. The summed E-state index contributed by atoms with van der Waals surface area (Å²) >= 11 is 5.86. The zero-order valence-electron chi connectivity index (χ0n) is 10.00. The second kappa shape index (κ2) is 6.85. The van der Waals surface area contributed by atoms with Gasteiger partial charge >= 0.3 is 5.97 Å². The Morgan fingerprint density at radius 3 is 3.06 bits per heavy atom. The van der Waals surface area contributed by atoms with Crippen LogP contribution in [0, 0.1) is 0 Å². The van der Waals surface area contributed by atoms with Crippen molar-refractivity contribution in [3.63, 3.8) is 0 Å². The van der Waals surface area contributed by atoms with E-state index in [1.807, 2.05) is 0 Å². The van der Waals surface area contributed by atoms with Crippen molar-refractivity contribution in [2.45, 2.75) is 6.04 Å². The lowest BCUT2D eigenvalue weighted by atomic mass is 10.2. The molecule has 9 heteroatoms. The van der Waals surface area contributed by atoms with Gasteiger partial charge in [-0.15, -0.1) is 0 Å². The fraction of sp³-hybridized carbons (Fsp3) is 0.556. The molecule has 1 atom stereocenters. The number of nitrogens with zero attached hydrogens (tertiary/aromatic N) is 5. The third kappa shape index (κ3) is 3.36. The van der Waals surface area contributed by atoms with E-state index in [-0.39, 0.29) is 6.54 Å². The largest absolute Gasteiger partial charge is 0.468 e. The van der Waals surface area contributed by atoms with Crippen molar-refractivity contribution < 1.29 is 9.53 Å². The van der Waals surface area contributed by atoms with Gasteiger partial charge in [0, 0.05) is 25.0 Å². The van der Waals surface area contributed by atoms with E-state index in [0.717, 1.165) is 0 Å². The van der Waals surface area contributed by atoms with Crippen molar-refractivity contribution in [3.05, 3.63) is 27.6 Å². The number of hydrogen-bond donors (Lipinski definition) is 1. The minimum Gasteiger partial charge on any atom is -0.468 e. The summed E-state index contributed by atoms with van der Waals surface area (Å²) in [4.78, 5) is 18.3. The first-order chi connectivity index (χ1) is 8.61. The molecule has 0 radical (unpaired) electrons. The van der Waals surface area contributed by atoms with Gasteiger partial charge in [0.2, 0.25) is 0 Å². The summed E-state index contributed by atoms with van der Waals surface area (Å²) in [6, 6.07) is -0.749. The number of carbonyl (C=O) groups is 1. The predicted octanol–water partition coefficient (Wildman–Crippen LogP) is 1.19. The molecule has 1 aromatic heterocycles. The molecule has 98 valence electrons. The third-order valence-corrected chi connectivity index (χ3v) is 2.64. The van der Waals surface area contributed by atoms with Crippen LogP contribution in [0.3, 0.4) is 0 Å². The Labute approximate surface area is 109 Å².